The fraction of sp³-hybridized carbons (Fsp3) is 0.0909. The van der Waals surface area contributed by atoms with Crippen molar-refractivity contribution >= 4 is 11.6 Å². The summed E-state index contributed by atoms with van der Waals surface area (Å²) in [7, 11) is 0. The molecule has 0 unspecified atom stereocenters. The number of hydrogen-bond acceptors (Lipinski definition) is 6. The normalized spacial score (nSPS) is 10.4. The summed E-state index contributed by atoms with van der Waals surface area (Å²) in [4.78, 5) is 12.5. The molecule has 0 fully saturated rings. The highest BCUT2D eigenvalue weighted by Crippen LogP contribution is 2.25. The number of ether oxygens (including phenoxy) is 2. The smallest absolute Gasteiger partial charge is 0.255 e. The van der Waals surface area contributed by atoms with Crippen molar-refractivity contribution in [3.8, 4) is 28.6 Å². The Labute approximate surface area is 172 Å². The van der Waals surface area contributed by atoms with Gasteiger partial charge in [0.1, 0.15) is 17.2 Å². The van der Waals surface area contributed by atoms with E-state index in [2.05, 4.69) is 25.9 Å². The van der Waals surface area contributed by atoms with Crippen LogP contribution in [-0.4, -0.2) is 33.1 Å². The second-order valence-electron chi connectivity index (χ2n) is 6.30. The third-order valence-corrected chi connectivity index (χ3v) is 4.23. The molecule has 2 N–H and O–H groups in total. The summed E-state index contributed by atoms with van der Waals surface area (Å²) in [6, 6.07) is 21.5. The number of nitrogens with one attached hydrogen (secondary N) is 2. The van der Waals surface area contributed by atoms with Crippen molar-refractivity contribution in [3.05, 3.63) is 78.4 Å². The highest BCUT2D eigenvalue weighted by Gasteiger charge is 2.08. The monoisotopic (exact) mass is 401 g/mol. The Morgan fingerprint density at radius 1 is 0.900 bits per heavy atom. The first kappa shape index (κ1) is 19.1. The Hall–Kier alpha value is -4.20. The van der Waals surface area contributed by atoms with Crippen LogP contribution in [0.1, 0.15) is 17.3 Å². The van der Waals surface area contributed by atoms with Gasteiger partial charge < -0.3 is 14.8 Å². The van der Waals surface area contributed by atoms with Gasteiger partial charge in [-0.2, -0.15) is 5.21 Å². The van der Waals surface area contributed by atoms with Gasteiger partial charge in [-0.3, -0.25) is 4.79 Å². The fourth-order valence-corrected chi connectivity index (χ4v) is 2.77. The van der Waals surface area contributed by atoms with Gasteiger partial charge in [0.05, 0.1) is 6.61 Å². The molecule has 3 aromatic carbocycles. The van der Waals surface area contributed by atoms with Gasteiger partial charge in [0.2, 0.25) is 5.82 Å². The number of carbonyl (C=O) groups excluding carboxylic acids is 1. The van der Waals surface area contributed by atoms with E-state index < -0.39 is 0 Å². The number of amides is 1. The molecule has 0 radical (unpaired) electrons. The maximum Gasteiger partial charge on any atom is 0.255 e. The van der Waals surface area contributed by atoms with Crippen LogP contribution in [0.2, 0.25) is 0 Å². The number of anilines is 1. The lowest BCUT2D eigenvalue weighted by Gasteiger charge is -2.09. The van der Waals surface area contributed by atoms with Crippen molar-refractivity contribution < 1.29 is 14.3 Å². The first-order chi connectivity index (χ1) is 14.7. The maximum absolute atomic E-state index is 12.5. The van der Waals surface area contributed by atoms with Gasteiger partial charge in [-0.15, -0.1) is 10.2 Å². The molecule has 150 valence electrons. The first-order valence-corrected chi connectivity index (χ1v) is 9.37. The Morgan fingerprint density at radius 2 is 1.53 bits per heavy atom. The van der Waals surface area contributed by atoms with E-state index in [1.54, 1.807) is 48.5 Å². The molecule has 0 spiro atoms. The minimum atomic E-state index is -0.213. The number of nitrogens with zero attached hydrogens (tertiary/aromatic N) is 3. The van der Waals surface area contributed by atoms with E-state index in [0.717, 1.165) is 11.3 Å². The van der Waals surface area contributed by atoms with Gasteiger partial charge in [0, 0.05) is 16.8 Å². The van der Waals surface area contributed by atoms with Gasteiger partial charge in [-0.25, -0.2) is 0 Å². The van der Waals surface area contributed by atoms with E-state index in [-0.39, 0.29) is 5.91 Å². The SMILES string of the molecule is CCOc1ccc(Oc2ccc(NC(=O)c3ccc(-c4nn[nH]n4)cc3)cc2)cc1. The standard InChI is InChI=1S/C22H19N5O3/c1-2-29-18-11-13-20(14-12-18)30-19-9-7-17(8-10-19)23-22(28)16-5-3-15(4-6-16)21-24-26-27-25-21/h3-14H,2H2,1H3,(H,23,28)(H,24,25,26,27). The summed E-state index contributed by atoms with van der Waals surface area (Å²) in [5.41, 5.74) is 1.97. The number of aromatic amines is 1. The van der Waals surface area contributed by atoms with E-state index >= 15 is 0 Å². The van der Waals surface area contributed by atoms with Crippen LogP contribution in [0.15, 0.2) is 72.8 Å². The number of benzene rings is 3. The average molecular weight is 401 g/mol. The molecule has 30 heavy (non-hydrogen) atoms. The van der Waals surface area contributed by atoms with Crippen molar-refractivity contribution in [2.75, 3.05) is 11.9 Å². The highest BCUT2D eigenvalue weighted by atomic mass is 16.5. The van der Waals surface area contributed by atoms with E-state index in [9.17, 15) is 4.79 Å². The molecule has 0 atom stereocenters. The molecule has 8 heteroatoms. The summed E-state index contributed by atoms with van der Waals surface area (Å²) in [5, 5.41) is 16.6. The number of hydrogen-bond donors (Lipinski definition) is 2. The lowest BCUT2D eigenvalue weighted by molar-refractivity contribution is 0.102. The van der Waals surface area contributed by atoms with Gasteiger partial charge in [-0.1, -0.05) is 12.1 Å². The van der Waals surface area contributed by atoms with Crippen molar-refractivity contribution in [2.45, 2.75) is 6.92 Å². The molecular formula is C22H19N5O3. The molecule has 4 rings (SSSR count). The average Bonchev–Trinajstić information content (AvgIpc) is 3.32. The molecule has 1 amide bonds. The van der Waals surface area contributed by atoms with Crippen LogP contribution < -0.4 is 14.8 Å². The Morgan fingerprint density at radius 3 is 2.13 bits per heavy atom. The zero-order chi connectivity index (χ0) is 20.8. The lowest BCUT2D eigenvalue weighted by atomic mass is 10.1. The quantitative estimate of drug-likeness (QED) is 0.478. The van der Waals surface area contributed by atoms with Gasteiger partial charge in [0.15, 0.2) is 0 Å². The number of carbonyl (C=O) groups is 1. The molecule has 0 aliphatic heterocycles. The minimum Gasteiger partial charge on any atom is -0.494 e. The van der Waals surface area contributed by atoms with E-state index in [1.165, 1.54) is 0 Å². The summed E-state index contributed by atoms with van der Waals surface area (Å²) in [6.07, 6.45) is 0. The first-order valence-electron chi connectivity index (χ1n) is 9.37. The van der Waals surface area contributed by atoms with Gasteiger partial charge in [-0.05, 0) is 72.8 Å². The molecule has 0 aliphatic carbocycles. The molecule has 8 nitrogen and oxygen atoms in total. The van der Waals surface area contributed by atoms with Crippen LogP contribution in [0.4, 0.5) is 5.69 Å². The number of rotatable bonds is 7. The van der Waals surface area contributed by atoms with Gasteiger partial charge >= 0.3 is 0 Å². The maximum atomic E-state index is 12.5. The van der Waals surface area contributed by atoms with Crippen molar-refractivity contribution in [2.24, 2.45) is 0 Å². The molecule has 0 saturated carbocycles. The second kappa shape index (κ2) is 8.87. The molecular weight excluding hydrogens is 382 g/mol. The summed E-state index contributed by atoms with van der Waals surface area (Å²) >= 11 is 0. The number of aromatic nitrogens is 4. The Kier molecular flexibility index (Phi) is 5.66. The van der Waals surface area contributed by atoms with E-state index in [0.29, 0.717) is 35.2 Å². The largest absolute Gasteiger partial charge is 0.494 e. The predicted octanol–water partition coefficient (Wildman–Crippen LogP) is 4.31. The zero-order valence-electron chi connectivity index (χ0n) is 16.2. The Bertz CT molecular complexity index is 1090. The third-order valence-electron chi connectivity index (χ3n) is 4.23. The lowest BCUT2D eigenvalue weighted by Crippen LogP contribution is -2.11. The molecule has 0 saturated heterocycles. The van der Waals surface area contributed by atoms with E-state index in [4.69, 9.17) is 9.47 Å². The van der Waals surface area contributed by atoms with Crippen LogP contribution >= 0.6 is 0 Å². The molecule has 0 aliphatic rings. The van der Waals surface area contributed by atoms with Crippen LogP contribution in [0, 0.1) is 0 Å². The summed E-state index contributed by atoms with van der Waals surface area (Å²) < 4.78 is 11.2. The highest BCUT2D eigenvalue weighted by molar-refractivity contribution is 6.04. The van der Waals surface area contributed by atoms with Gasteiger partial charge in [0.25, 0.3) is 5.91 Å². The van der Waals surface area contributed by atoms with Crippen LogP contribution in [0.3, 0.4) is 0 Å². The van der Waals surface area contributed by atoms with Crippen LogP contribution in [0.25, 0.3) is 11.4 Å². The number of H-pyrrole nitrogens is 1. The summed E-state index contributed by atoms with van der Waals surface area (Å²) in [5.74, 6) is 2.44. The van der Waals surface area contributed by atoms with E-state index in [1.807, 2.05) is 31.2 Å². The number of tetrazole rings is 1. The molecule has 4 aromatic rings. The van der Waals surface area contributed by atoms with Crippen LogP contribution in [0.5, 0.6) is 17.2 Å². The summed E-state index contributed by atoms with van der Waals surface area (Å²) in [6.45, 7) is 2.56. The minimum absolute atomic E-state index is 0.213. The molecule has 1 heterocycles. The van der Waals surface area contributed by atoms with Crippen molar-refractivity contribution in [1.82, 2.24) is 20.6 Å². The fourth-order valence-electron chi connectivity index (χ4n) is 2.77. The predicted molar refractivity (Wildman–Crippen MR) is 112 cm³/mol. The topological polar surface area (TPSA) is 102 Å². The third kappa shape index (κ3) is 4.61. The van der Waals surface area contributed by atoms with Crippen LogP contribution in [-0.2, 0) is 0 Å². The Balaban J connectivity index is 1.36. The van der Waals surface area contributed by atoms with Crippen molar-refractivity contribution in [1.29, 1.82) is 0 Å². The van der Waals surface area contributed by atoms with Crippen molar-refractivity contribution in [3.63, 3.8) is 0 Å². The zero-order valence-corrected chi connectivity index (χ0v) is 16.2. The molecule has 1 aromatic heterocycles. The second-order valence-corrected chi connectivity index (χ2v) is 6.30. The molecule has 0 bridgehead atoms.